The fraction of sp³-hybridized carbons (Fsp3) is 0. The van der Waals surface area contributed by atoms with Gasteiger partial charge in [0.15, 0.2) is 0 Å². The van der Waals surface area contributed by atoms with E-state index in [1.54, 1.807) is 12.4 Å². The van der Waals surface area contributed by atoms with E-state index in [2.05, 4.69) is 9.97 Å². The van der Waals surface area contributed by atoms with Crippen LogP contribution in [0.5, 0.6) is 0 Å². The van der Waals surface area contributed by atoms with Crippen molar-refractivity contribution in [2.45, 2.75) is 0 Å². The third-order valence-electron chi connectivity index (χ3n) is 1.59. The van der Waals surface area contributed by atoms with Crippen LogP contribution in [0.3, 0.4) is 0 Å². The van der Waals surface area contributed by atoms with Crippen molar-refractivity contribution < 1.29 is 17.1 Å². The first-order valence-corrected chi connectivity index (χ1v) is 3.79. The minimum absolute atomic E-state index is 0. The monoisotopic (exact) mass is 287 g/mol. The minimum Gasteiger partial charge on any atom is -0.255 e. The van der Waals surface area contributed by atoms with E-state index in [0.717, 1.165) is 11.4 Å². The number of nitrogens with zero attached hydrogens (tertiary/aromatic N) is 2. The van der Waals surface area contributed by atoms with Crippen molar-refractivity contribution in [3.63, 3.8) is 0 Å². The molecule has 5 heteroatoms. The molecule has 2 heterocycles. The molecule has 0 saturated heterocycles. The molecule has 15 heavy (non-hydrogen) atoms. The predicted octanol–water partition coefficient (Wildman–Crippen LogP) is 2.26. The molecule has 1 radical (unpaired) electrons. The summed E-state index contributed by atoms with van der Waals surface area (Å²) in [5.74, 6) is 0. The van der Waals surface area contributed by atoms with Gasteiger partial charge < -0.3 is 0 Å². The van der Waals surface area contributed by atoms with E-state index in [0.29, 0.717) is 0 Å². The molecule has 0 bridgehead atoms. The van der Waals surface area contributed by atoms with Gasteiger partial charge in [0.2, 0.25) is 0 Å². The Kier molecular flexibility index (Phi) is 10.2. The van der Waals surface area contributed by atoms with Gasteiger partial charge in [-0.2, -0.15) is 19.8 Å². The van der Waals surface area contributed by atoms with Gasteiger partial charge in [-0.25, -0.2) is 0 Å². The molecule has 2 rings (SSSR count). The standard InChI is InChI=1S/C10H8N2.Cu.2H3P/c1-3-7-11-9(5-1)10-6-2-4-8-12-10;;;/h1-8H;;2*1H3. The third kappa shape index (κ3) is 4.82. The zero-order valence-corrected chi connectivity index (χ0v) is 12.0. The molecule has 2 atom stereocenters. The Morgan fingerprint density at radius 3 is 1.33 bits per heavy atom. The van der Waals surface area contributed by atoms with Crippen LogP contribution in [-0.2, 0) is 17.1 Å². The van der Waals surface area contributed by atoms with Crippen LogP contribution >= 0.6 is 19.8 Å². The maximum Gasteiger partial charge on any atom is 0.0886 e. The van der Waals surface area contributed by atoms with E-state index >= 15 is 0 Å². The van der Waals surface area contributed by atoms with Crippen LogP contribution in [0.2, 0.25) is 0 Å². The summed E-state index contributed by atoms with van der Waals surface area (Å²) >= 11 is 0. The molecule has 85 valence electrons. The number of hydrogen-bond acceptors (Lipinski definition) is 2. The zero-order valence-electron chi connectivity index (χ0n) is 8.23. The predicted molar refractivity (Wildman–Crippen MR) is 69.7 cm³/mol. The molecule has 0 saturated carbocycles. The third-order valence-corrected chi connectivity index (χ3v) is 1.59. The van der Waals surface area contributed by atoms with Crippen LogP contribution in [0.4, 0.5) is 0 Å². The first-order valence-electron chi connectivity index (χ1n) is 3.79. The molecular formula is C10H14CuN2P2. The molecule has 0 amide bonds. The smallest absolute Gasteiger partial charge is 0.0886 e. The quantitative estimate of drug-likeness (QED) is 0.594. The normalized spacial score (nSPS) is 7.73. The Morgan fingerprint density at radius 2 is 1.07 bits per heavy atom. The summed E-state index contributed by atoms with van der Waals surface area (Å²) in [6.45, 7) is 0. The fourth-order valence-electron chi connectivity index (χ4n) is 1.03. The Morgan fingerprint density at radius 1 is 0.667 bits per heavy atom. The molecule has 2 nitrogen and oxygen atoms in total. The van der Waals surface area contributed by atoms with Crippen LogP contribution in [0.25, 0.3) is 11.4 Å². The Bertz CT molecular complexity index is 319. The van der Waals surface area contributed by atoms with Gasteiger partial charge in [0.25, 0.3) is 0 Å². The Labute approximate surface area is 107 Å². The summed E-state index contributed by atoms with van der Waals surface area (Å²) in [5, 5.41) is 0. The van der Waals surface area contributed by atoms with Gasteiger partial charge in [-0.3, -0.25) is 9.97 Å². The molecule has 0 N–H and O–H groups in total. The summed E-state index contributed by atoms with van der Waals surface area (Å²) < 4.78 is 0. The van der Waals surface area contributed by atoms with E-state index in [9.17, 15) is 0 Å². The number of hydrogen-bond donors (Lipinski definition) is 0. The second-order valence-electron chi connectivity index (χ2n) is 2.43. The van der Waals surface area contributed by atoms with E-state index in [-0.39, 0.29) is 36.9 Å². The first-order chi connectivity index (χ1) is 5.97. The first kappa shape index (κ1) is 17.1. The molecule has 0 spiro atoms. The Balaban J connectivity index is 0. The largest absolute Gasteiger partial charge is 0.255 e. The number of pyridine rings is 2. The van der Waals surface area contributed by atoms with E-state index in [4.69, 9.17) is 0 Å². The molecule has 2 aromatic rings. The van der Waals surface area contributed by atoms with Crippen molar-refractivity contribution in [1.82, 2.24) is 9.97 Å². The summed E-state index contributed by atoms with van der Waals surface area (Å²) in [5.41, 5.74) is 1.83. The molecule has 0 aliphatic heterocycles. The average Bonchev–Trinajstić information content (AvgIpc) is 2.21. The van der Waals surface area contributed by atoms with E-state index in [1.807, 2.05) is 36.4 Å². The molecule has 2 unspecified atom stereocenters. The van der Waals surface area contributed by atoms with E-state index in [1.165, 1.54) is 0 Å². The van der Waals surface area contributed by atoms with Gasteiger partial charge in [-0.1, -0.05) is 12.1 Å². The van der Waals surface area contributed by atoms with Gasteiger partial charge >= 0.3 is 0 Å². The average molecular weight is 288 g/mol. The topological polar surface area (TPSA) is 25.8 Å². The van der Waals surface area contributed by atoms with Crippen molar-refractivity contribution in [3.05, 3.63) is 48.8 Å². The molecule has 2 aromatic heterocycles. The molecule has 0 aliphatic rings. The summed E-state index contributed by atoms with van der Waals surface area (Å²) in [6, 6.07) is 11.6. The molecular weight excluding hydrogens is 274 g/mol. The van der Waals surface area contributed by atoms with Crippen molar-refractivity contribution >= 4 is 19.8 Å². The van der Waals surface area contributed by atoms with E-state index < -0.39 is 0 Å². The van der Waals surface area contributed by atoms with Gasteiger partial charge in [0.1, 0.15) is 0 Å². The van der Waals surface area contributed by atoms with Crippen LogP contribution in [-0.4, -0.2) is 9.97 Å². The number of rotatable bonds is 1. The van der Waals surface area contributed by atoms with Crippen molar-refractivity contribution in [2.75, 3.05) is 0 Å². The fourth-order valence-corrected chi connectivity index (χ4v) is 1.03. The molecule has 0 aliphatic carbocycles. The van der Waals surface area contributed by atoms with Crippen LogP contribution in [0, 0.1) is 0 Å². The summed E-state index contributed by atoms with van der Waals surface area (Å²) in [6.07, 6.45) is 3.54. The minimum atomic E-state index is 0. The van der Waals surface area contributed by atoms with Gasteiger partial charge in [0.05, 0.1) is 11.4 Å². The second-order valence-corrected chi connectivity index (χ2v) is 2.43. The molecule has 0 fully saturated rings. The number of aromatic nitrogens is 2. The SMILES string of the molecule is P.P.[Cu].c1ccc(-c2ccccn2)nc1. The van der Waals surface area contributed by atoms with Gasteiger partial charge in [-0.15, -0.1) is 0 Å². The zero-order chi connectivity index (χ0) is 8.23. The van der Waals surface area contributed by atoms with Crippen molar-refractivity contribution in [1.29, 1.82) is 0 Å². The second kappa shape index (κ2) is 8.95. The maximum absolute atomic E-state index is 4.19. The van der Waals surface area contributed by atoms with Gasteiger partial charge in [-0.05, 0) is 24.3 Å². The maximum atomic E-state index is 4.19. The van der Waals surface area contributed by atoms with Crippen molar-refractivity contribution in [2.24, 2.45) is 0 Å². The van der Waals surface area contributed by atoms with Crippen LogP contribution in [0.15, 0.2) is 48.8 Å². The summed E-state index contributed by atoms with van der Waals surface area (Å²) in [7, 11) is 0. The van der Waals surface area contributed by atoms with Gasteiger partial charge in [0, 0.05) is 29.5 Å². The summed E-state index contributed by atoms with van der Waals surface area (Å²) in [4.78, 5) is 8.37. The van der Waals surface area contributed by atoms with Crippen molar-refractivity contribution in [3.8, 4) is 11.4 Å². The van der Waals surface area contributed by atoms with Crippen LogP contribution < -0.4 is 0 Å². The Hall–Kier alpha value is -0.321. The molecule has 0 aromatic carbocycles. The van der Waals surface area contributed by atoms with Crippen LogP contribution in [0.1, 0.15) is 0 Å².